The van der Waals surface area contributed by atoms with Gasteiger partial charge in [0.1, 0.15) is 12.4 Å². The summed E-state index contributed by atoms with van der Waals surface area (Å²) in [4.78, 5) is 11.8. The van der Waals surface area contributed by atoms with Crippen LogP contribution in [0.5, 0.6) is 5.75 Å². The van der Waals surface area contributed by atoms with Gasteiger partial charge in [0.15, 0.2) is 0 Å². The fourth-order valence-electron chi connectivity index (χ4n) is 2.28. The highest BCUT2D eigenvalue weighted by Gasteiger charge is 2.14. The number of para-hydroxylation sites is 1. The molecule has 128 valence electrons. The summed E-state index contributed by atoms with van der Waals surface area (Å²) in [5.74, 6) is 0.350. The van der Waals surface area contributed by atoms with Gasteiger partial charge in [-0.2, -0.15) is 5.10 Å². The maximum Gasteiger partial charge on any atom is 0.259 e. The van der Waals surface area contributed by atoms with Crippen LogP contribution >= 0.6 is 23.2 Å². The lowest BCUT2D eigenvalue weighted by Gasteiger charge is -2.17. The third kappa shape index (κ3) is 4.75. The van der Waals surface area contributed by atoms with Gasteiger partial charge >= 0.3 is 0 Å². The molecule has 2 aromatic carbocycles. The van der Waals surface area contributed by atoms with E-state index in [9.17, 15) is 4.79 Å². The first-order valence-corrected chi connectivity index (χ1v) is 8.30. The van der Waals surface area contributed by atoms with Gasteiger partial charge in [-0.1, -0.05) is 41.4 Å². The quantitative estimate of drug-likeness (QED) is 0.613. The average Bonchev–Trinajstić information content (AvgIpc) is 2.60. The van der Waals surface area contributed by atoms with Gasteiger partial charge in [0, 0.05) is 21.8 Å². The van der Waals surface area contributed by atoms with Crippen molar-refractivity contribution in [2.24, 2.45) is 5.10 Å². The van der Waals surface area contributed by atoms with Crippen molar-refractivity contribution in [2.75, 3.05) is 18.5 Å². The van der Waals surface area contributed by atoms with E-state index in [2.05, 4.69) is 15.8 Å². The molecule has 1 amide bonds. The Morgan fingerprint density at radius 2 is 2.04 bits per heavy atom. The third-order valence-corrected chi connectivity index (χ3v) is 3.91. The number of amides is 1. The summed E-state index contributed by atoms with van der Waals surface area (Å²) in [6, 6.07) is 12.9. The van der Waals surface area contributed by atoms with Crippen LogP contribution in [-0.4, -0.2) is 25.3 Å². The van der Waals surface area contributed by atoms with Crippen molar-refractivity contribution in [3.8, 4) is 5.75 Å². The van der Waals surface area contributed by atoms with E-state index in [1.807, 2.05) is 36.4 Å². The van der Waals surface area contributed by atoms with Gasteiger partial charge in [-0.3, -0.25) is 4.79 Å². The first-order chi connectivity index (χ1) is 12.1. The van der Waals surface area contributed by atoms with E-state index >= 15 is 0 Å². The monoisotopic (exact) mass is 375 g/mol. The van der Waals surface area contributed by atoms with E-state index in [4.69, 9.17) is 27.9 Å². The van der Waals surface area contributed by atoms with Crippen LogP contribution in [0.1, 0.15) is 5.56 Å². The molecule has 0 aliphatic carbocycles. The number of carbonyl (C=O) groups is 1. The molecule has 3 rings (SSSR count). The average molecular weight is 376 g/mol. The van der Waals surface area contributed by atoms with E-state index < -0.39 is 0 Å². The second kappa shape index (κ2) is 8.05. The summed E-state index contributed by atoms with van der Waals surface area (Å²) < 4.78 is 5.61. The molecule has 0 fully saturated rings. The van der Waals surface area contributed by atoms with Crippen LogP contribution in [0.25, 0.3) is 6.08 Å². The number of hydrogen-bond donors (Lipinski definition) is 2. The number of carbonyl (C=O) groups excluding carboxylic acids is 1. The lowest BCUT2D eigenvalue weighted by molar-refractivity contribution is -0.119. The fourth-order valence-corrected chi connectivity index (χ4v) is 2.84. The van der Waals surface area contributed by atoms with Crippen LogP contribution in [0, 0.1) is 0 Å². The molecular formula is C18H15Cl2N3O2. The molecule has 0 bridgehead atoms. The molecule has 0 atom stereocenters. The number of anilines is 1. The minimum absolute atomic E-state index is 0.130. The zero-order chi connectivity index (χ0) is 17.6. The Balaban J connectivity index is 1.55. The third-order valence-electron chi connectivity index (χ3n) is 3.41. The normalized spacial score (nSPS) is 13.0. The second-order valence-corrected chi connectivity index (χ2v) is 6.17. The van der Waals surface area contributed by atoms with Gasteiger partial charge in [-0.15, -0.1) is 0 Å². The van der Waals surface area contributed by atoms with Gasteiger partial charge in [-0.05, 0) is 30.3 Å². The Kier molecular flexibility index (Phi) is 5.58. The molecule has 0 saturated heterocycles. The smallest absolute Gasteiger partial charge is 0.259 e. The number of ether oxygens (including phenoxy) is 1. The number of hydrogen-bond acceptors (Lipinski definition) is 4. The first-order valence-electron chi connectivity index (χ1n) is 7.55. The Morgan fingerprint density at radius 1 is 1.24 bits per heavy atom. The molecule has 25 heavy (non-hydrogen) atoms. The molecule has 0 aromatic heterocycles. The zero-order valence-electron chi connectivity index (χ0n) is 13.1. The lowest BCUT2D eigenvalue weighted by atomic mass is 10.1. The molecule has 0 unspecified atom stereocenters. The summed E-state index contributed by atoms with van der Waals surface area (Å²) in [7, 11) is 0. The minimum Gasteiger partial charge on any atom is -0.487 e. The summed E-state index contributed by atoms with van der Waals surface area (Å²) >= 11 is 12.1. The van der Waals surface area contributed by atoms with Crippen molar-refractivity contribution in [3.63, 3.8) is 0 Å². The van der Waals surface area contributed by atoms with Crippen LogP contribution in [-0.2, 0) is 4.79 Å². The largest absolute Gasteiger partial charge is 0.487 e. The highest BCUT2D eigenvalue weighted by molar-refractivity contribution is 6.36. The first kappa shape index (κ1) is 17.3. The Hall–Kier alpha value is -2.50. The van der Waals surface area contributed by atoms with Gasteiger partial charge < -0.3 is 10.1 Å². The van der Waals surface area contributed by atoms with Crippen molar-refractivity contribution >= 4 is 47.1 Å². The maximum atomic E-state index is 11.8. The molecule has 0 spiro atoms. The van der Waals surface area contributed by atoms with E-state index in [0.717, 1.165) is 16.8 Å². The number of hydrazone groups is 1. The van der Waals surface area contributed by atoms with Gasteiger partial charge in [0.25, 0.3) is 5.91 Å². The highest BCUT2D eigenvalue weighted by atomic mass is 35.5. The summed E-state index contributed by atoms with van der Waals surface area (Å²) in [5.41, 5.74) is 4.91. The maximum absolute atomic E-state index is 11.8. The number of halogens is 2. The van der Waals surface area contributed by atoms with Crippen molar-refractivity contribution < 1.29 is 9.53 Å². The topological polar surface area (TPSA) is 62.7 Å². The van der Waals surface area contributed by atoms with E-state index in [1.165, 1.54) is 6.21 Å². The van der Waals surface area contributed by atoms with Crippen molar-refractivity contribution in [1.82, 2.24) is 5.43 Å². The summed E-state index contributed by atoms with van der Waals surface area (Å²) in [6.07, 6.45) is 3.41. The van der Waals surface area contributed by atoms with Gasteiger partial charge in [-0.25, -0.2) is 5.43 Å². The Bertz CT molecular complexity index is 836. The number of nitrogens with one attached hydrogen (secondary N) is 2. The van der Waals surface area contributed by atoms with Crippen LogP contribution in [0.3, 0.4) is 0 Å². The van der Waals surface area contributed by atoms with Crippen LogP contribution < -0.4 is 15.5 Å². The molecule has 5 nitrogen and oxygen atoms in total. The fraction of sp³-hybridized carbons (Fsp3) is 0.111. The number of rotatable bonds is 5. The predicted molar refractivity (Wildman–Crippen MR) is 102 cm³/mol. The molecule has 0 radical (unpaired) electrons. The van der Waals surface area contributed by atoms with Crippen LogP contribution in [0.15, 0.2) is 53.1 Å². The van der Waals surface area contributed by atoms with Crippen LogP contribution in [0.2, 0.25) is 10.0 Å². The summed E-state index contributed by atoms with van der Waals surface area (Å²) in [5, 5.41) is 7.95. The molecule has 2 aromatic rings. The van der Waals surface area contributed by atoms with Crippen molar-refractivity contribution in [3.05, 3.63) is 63.6 Å². The number of fused-ring (bicyclic) bond motifs is 1. The van der Waals surface area contributed by atoms with Crippen molar-refractivity contribution in [1.29, 1.82) is 0 Å². The molecule has 1 aliphatic heterocycles. The predicted octanol–water partition coefficient (Wildman–Crippen LogP) is 3.98. The Labute approximate surface area is 155 Å². The Morgan fingerprint density at radius 3 is 2.84 bits per heavy atom. The summed E-state index contributed by atoms with van der Waals surface area (Å²) in [6.45, 7) is 0.445. The van der Waals surface area contributed by atoms with Crippen molar-refractivity contribution in [2.45, 2.75) is 0 Å². The molecule has 0 saturated carbocycles. The molecular weight excluding hydrogens is 361 g/mol. The number of nitrogens with zero attached hydrogens (tertiary/aromatic N) is 1. The molecule has 7 heteroatoms. The molecule has 2 N–H and O–H groups in total. The second-order valence-electron chi connectivity index (χ2n) is 5.33. The van der Waals surface area contributed by atoms with Gasteiger partial charge in [0.2, 0.25) is 0 Å². The number of benzene rings is 2. The molecule has 1 heterocycles. The minimum atomic E-state index is -0.246. The van der Waals surface area contributed by atoms with E-state index in [-0.39, 0.29) is 12.5 Å². The highest BCUT2D eigenvalue weighted by Crippen LogP contribution is 2.36. The lowest BCUT2D eigenvalue weighted by Crippen LogP contribution is -2.26. The van der Waals surface area contributed by atoms with E-state index in [0.29, 0.717) is 22.4 Å². The van der Waals surface area contributed by atoms with Gasteiger partial charge in [0.05, 0.1) is 17.8 Å². The van der Waals surface area contributed by atoms with Crippen LogP contribution in [0.4, 0.5) is 5.69 Å². The zero-order valence-corrected chi connectivity index (χ0v) is 14.6. The SMILES string of the molecule is O=C(CNc1ccccc1)N/N=C/C1=Cc2cc(Cl)cc(Cl)c2OC1. The van der Waals surface area contributed by atoms with E-state index in [1.54, 1.807) is 12.1 Å². The standard InChI is InChI=1S/C18H15Cl2N3O2/c19-14-7-13-6-12(11-25-18(13)16(20)8-14)9-22-23-17(24)10-21-15-4-2-1-3-5-15/h1-9,21H,10-11H2,(H,23,24)/b22-9+. The molecule has 1 aliphatic rings.